The number of anilines is 2. The van der Waals surface area contributed by atoms with Gasteiger partial charge in [-0.25, -0.2) is 0 Å². The molecule has 5 heteroatoms. The summed E-state index contributed by atoms with van der Waals surface area (Å²) in [7, 11) is 0. The van der Waals surface area contributed by atoms with Crippen molar-refractivity contribution in [3.05, 3.63) is 47.5 Å². The molecule has 0 aromatic heterocycles. The van der Waals surface area contributed by atoms with Gasteiger partial charge >= 0.3 is 0 Å². The van der Waals surface area contributed by atoms with Crippen LogP contribution in [-0.2, 0) is 4.79 Å². The molecule has 98 valence electrons. The molecule has 0 aliphatic rings. The number of halogens is 1. The Morgan fingerprint density at radius 3 is 2.63 bits per heavy atom. The maximum absolute atomic E-state index is 11.1. The molecule has 0 saturated carbocycles. The van der Waals surface area contributed by atoms with Gasteiger partial charge < -0.3 is 15.8 Å². The van der Waals surface area contributed by atoms with E-state index in [1.54, 1.807) is 30.3 Å². The number of benzene rings is 2. The van der Waals surface area contributed by atoms with Crippen LogP contribution in [0, 0.1) is 0 Å². The summed E-state index contributed by atoms with van der Waals surface area (Å²) in [4.78, 5) is 11.1. The second-order valence-corrected chi connectivity index (χ2v) is 4.38. The molecule has 0 heterocycles. The molecule has 3 N–H and O–H groups in total. The Hall–Kier alpha value is -2.20. The first kappa shape index (κ1) is 13.2. The first-order valence-corrected chi connectivity index (χ1v) is 6.03. The fraction of sp³-hybridized carbons (Fsp3) is 0.0714. The fourth-order valence-corrected chi connectivity index (χ4v) is 1.79. The lowest BCUT2D eigenvalue weighted by Crippen LogP contribution is -2.06. The van der Waals surface area contributed by atoms with E-state index in [0.29, 0.717) is 27.9 Å². The monoisotopic (exact) mass is 276 g/mol. The average molecular weight is 277 g/mol. The molecule has 1 amide bonds. The Morgan fingerprint density at radius 2 is 1.95 bits per heavy atom. The predicted molar refractivity (Wildman–Crippen MR) is 76.7 cm³/mol. The summed E-state index contributed by atoms with van der Waals surface area (Å²) in [5.41, 5.74) is 6.77. The molecule has 0 unspecified atom stereocenters. The van der Waals surface area contributed by atoms with E-state index in [1.165, 1.54) is 6.92 Å². The quantitative estimate of drug-likeness (QED) is 0.841. The number of rotatable bonds is 3. The van der Waals surface area contributed by atoms with Crippen molar-refractivity contribution in [3.8, 4) is 11.5 Å². The molecular formula is C14H13ClN2O2. The van der Waals surface area contributed by atoms with E-state index in [-0.39, 0.29) is 5.91 Å². The molecule has 0 aliphatic heterocycles. The number of para-hydroxylation sites is 2. The van der Waals surface area contributed by atoms with Crippen molar-refractivity contribution >= 4 is 28.9 Å². The van der Waals surface area contributed by atoms with Crippen molar-refractivity contribution in [1.82, 2.24) is 0 Å². The minimum atomic E-state index is -0.167. The van der Waals surface area contributed by atoms with Crippen LogP contribution in [0.2, 0.25) is 5.02 Å². The Bertz CT molecular complexity index is 614. The van der Waals surface area contributed by atoms with E-state index in [9.17, 15) is 4.79 Å². The number of nitrogens with two attached hydrogens (primary N) is 1. The van der Waals surface area contributed by atoms with Crippen LogP contribution < -0.4 is 15.8 Å². The molecule has 0 saturated heterocycles. The molecule has 2 rings (SSSR count). The van der Waals surface area contributed by atoms with Crippen molar-refractivity contribution in [2.75, 3.05) is 11.1 Å². The maximum Gasteiger partial charge on any atom is 0.221 e. The molecule has 0 aliphatic carbocycles. The van der Waals surface area contributed by atoms with Crippen molar-refractivity contribution in [3.63, 3.8) is 0 Å². The second kappa shape index (κ2) is 5.63. The zero-order valence-electron chi connectivity index (χ0n) is 10.3. The van der Waals surface area contributed by atoms with E-state index in [2.05, 4.69) is 5.32 Å². The third-order valence-electron chi connectivity index (χ3n) is 2.37. The minimum Gasteiger partial charge on any atom is -0.454 e. The average Bonchev–Trinajstić information content (AvgIpc) is 2.34. The summed E-state index contributed by atoms with van der Waals surface area (Å²) in [6.45, 7) is 1.44. The van der Waals surface area contributed by atoms with Crippen LogP contribution in [0.1, 0.15) is 6.92 Å². The smallest absolute Gasteiger partial charge is 0.221 e. The summed E-state index contributed by atoms with van der Waals surface area (Å²) in [6.07, 6.45) is 0. The molecule has 0 atom stereocenters. The van der Waals surface area contributed by atoms with E-state index in [0.717, 1.165) is 0 Å². The van der Waals surface area contributed by atoms with Crippen LogP contribution in [0.4, 0.5) is 11.4 Å². The molecule has 0 fully saturated rings. The largest absolute Gasteiger partial charge is 0.454 e. The van der Waals surface area contributed by atoms with Gasteiger partial charge in [-0.15, -0.1) is 0 Å². The Kier molecular flexibility index (Phi) is 3.92. The van der Waals surface area contributed by atoms with Gasteiger partial charge in [0, 0.05) is 12.6 Å². The maximum atomic E-state index is 11.1. The van der Waals surface area contributed by atoms with E-state index < -0.39 is 0 Å². The highest BCUT2D eigenvalue weighted by Gasteiger charge is 2.08. The SMILES string of the molecule is CC(=O)Nc1ccccc1Oc1ccc(N)cc1Cl. The number of ether oxygens (including phenoxy) is 1. The van der Waals surface area contributed by atoms with E-state index >= 15 is 0 Å². The summed E-state index contributed by atoms with van der Waals surface area (Å²) < 4.78 is 5.69. The van der Waals surface area contributed by atoms with E-state index in [4.69, 9.17) is 22.1 Å². The van der Waals surface area contributed by atoms with Gasteiger partial charge in [0.25, 0.3) is 0 Å². The zero-order valence-corrected chi connectivity index (χ0v) is 11.1. The Labute approximate surface area is 116 Å². The van der Waals surface area contributed by atoms with Crippen LogP contribution in [0.5, 0.6) is 11.5 Å². The van der Waals surface area contributed by atoms with Gasteiger partial charge in [0.15, 0.2) is 5.75 Å². The molecule has 2 aromatic carbocycles. The molecule has 19 heavy (non-hydrogen) atoms. The van der Waals surface area contributed by atoms with Crippen LogP contribution in [0.25, 0.3) is 0 Å². The highest BCUT2D eigenvalue weighted by molar-refractivity contribution is 6.32. The summed E-state index contributed by atoms with van der Waals surface area (Å²) in [5.74, 6) is 0.831. The van der Waals surface area contributed by atoms with Gasteiger partial charge in [0.05, 0.1) is 10.7 Å². The topological polar surface area (TPSA) is 64.3 Å². The Morgan fingerprint density at radius 1 is 1.21 bits per heavy atom. The summed E-state index contributed by atoms with van der Waals surface area (Å²) in [6, 6.07) is 12.1. The molecule has 0 bridgehead atoms. The number of carbonyl (C=O) groups is 1. The van der Waals surface area contributed by atoms with Crippen LogP contribution in [-0.4, -0.2) is 5.91 Å². The van der Waals surface area contributed by atoms with E-state index in [1.807, 2.05) is 12.1 Å². The first-order valence-electron chi connectivity index (χ1n) is 5.66. The molecule has 2 aromatic rings. The van der Waals surface area contributed by atoms with Crippen LogP contribution in [0.3, 0.4) is 0 Å². The third kappa shape index (κ3) is 3.39. The minimum absolute atomic E-state index is 0.167. The number of carbonyl (C=O) groups excluding carboxylic acids is 1. The fourth-order valence-electron chi connectivity index (χ4n) is 1.57. The lowest BCUT2D eigenvalue weighted by atomic mass is 10.2. The van der Waals surface area contributed by atoms with Crippen molar-refractivity contribution < 1.29 is 9.53 Å². The molecular weight excluding hydrogens is 264 g/mol. The lowest BCUT2D eigenvalue weighted by molar-refractivity contribution is -0.114. The molecule has 4 nitrogen and oxygen atoms in total. The van der Waals surface area contributed by atoms with Crippen molar-refractivity contribution in [2.24, 2.45) is 0 Å². The van der Waals surface area contributed by atoms with Gasteiger partial charge in [-0.3, -0.25) is 4.79 Å². The van der Waals surface area contributed by atoms with Crippen molar-refractivity contribution in [1.29, 1.82) is 0 Å². The summed E-state index contributed by atoms with van der Waals surface area (Å²) in [5, 5.41) is 3.11. The number of nitrogen functional groups attached to an aromatic ring is 1. The normalized spacial score (nSPS) is 10.0. The highest BCUT2D eigenvalue weighted by Crippen LogP contribution is 2.34. The van der Waals surface area contributed by atoms with Gasteiger partial charge in [-0.05, 0) is 30.3 Å². The zero-order chi connectivity index (χ0) is 13.8. The van der Waals surface area contributed by atoms with Crippen LogP contribution >= 0.6 is 11.6 Å². The van der Waals surface area contributed by atoms with Gasteiger partial charge in [0.1, 0.15) is 5.75 Å². The molecule has 0 spiro atoms. The number of amides is 1. The first-order chi connectivity index (χ1) is 9.06. The van der Waals surface area contributed by atoms with Gasteiger partial charge in [-0.2, -0.15) is 0 Å². The van der Waals surface area contributed by atoms with Crippen molar-refractivity contribution in [2.45, 2.75) is 6.92 Å². The molecule has 0 radical (unpaired) electrons. The predicted octanol–water partition coefficient (Wildman–Crippen LogP) is 3.67. The highest BCUT2D eigenvalue weighted by atomic mass is 35.5. The van der Waals surface area contributed by atoms with Gasteiger partial charge in [0.2, 0.25) is 5.91 Å². The number of nitrogens with one attached hydrogen (secondary N) is 1. The standard InChI is InChI=1S/C14H13ClN2O2/c1-9(18)17-12-4-2-3-5-14(12)19-13-7-6-10(16)8-11(13)15/h2-8H,16H2,1H3,(H,17,18). The third-order valence-corrected chi connectivity index (χ3v) is 2.67. The Balaban J connectivity index is 2.30. The summed E-state index contributed by atoms with van der Waals surface area (Å²) >= 11 is 6.05. The number of hydrogen-bond acceptors (Lipinski definition) is 3. The van der Waals surface area contributed by atoms with Crippen LogP contribution in [0.15, 0.2) is 42.5 Å². The second-order valence-electron chi connectivity index (χ2n) is 3.97. The number of hydrogen-bond donors (Lipinski definition) is 2. The lowest BCUT2D eigenvalue weighted by Gasteiger charge is -2.12. The van der Waals surface area contributed by atoms with Gasteiger partial charge in [-0.1, -0.05) is 23.7 Å².